The van der Waals surface area contributed by atoms with Gasteiger partial charge in [0.25, 0.3) is 11.8 Å². The lowest BCUT2D eigenvalue weighted by molar-refractivity contribution is 0.0676. The second-order valence-corrected chi connectivity index (χ2v) is 7.30. The summed E-state index contributed by atoms with van der Waals surface area (Å²) in [6, 6.07) is 11.4. The number of hydrogen-bond acceptors (Lipinski definition) is 6. The van der Waals surface area contributed by atoms with Crippen molar-refractivity contribution in [3.05, 3.63) is 94.0 Å². The van der Waals surface area contributed by atoms with Gasteiger partial charge >= 0.3 is 23.9 Å². The average molecular weight is 492 g/mol. The van der Waals surface area contributed by atoms with Crippen LogP contribution in [-0.2, 0) is 0 Å². The van der Waals surface area contributed by atoms with Crippen LogP contribution in [0.5, 0.6) is 0 Å². The molecule has 0 radical (unpaired) electrons. The summed E-state index contributed by atoms with van der Waals surface area (Å²) in [4.78, 5) is 69.9. The highest BCUT2D eigenvalue weighted by Gasteiger charge is 2.16. The molecule has 0 unspecified atom stereocenters. The van der Waals surface area contributed by atoms with Gasteiger partial charge < -0.3 is 31.1 Å². The Morgan fingerprint density at radius 2 is 0.667 bits per heavy atom. The zero-order chi connectivity index (χ0) is 26.6. The van der Waals surface area contributed by atoms with Crippen molar-refractivity contribution < 1.29 is 49.2 Å². The van der Waals surface area contributed by atoms with E-state index in [-0.39, 0.29) is 44.8 Å². The van der Waals surface area contributed by atoms with E-state index in [1.54, 1.807) is 0 Å². The first-order chi connectivity index (χ1) is 16.9. The van der Waals surface area contributed by atoms with Crippen molar-refractivity contribution in [2.45, 2.75) is 0 Å². The van der Waals surface area contributed by atoms with Gasteiger partial charge in [-0.2, -0.15) is 0 Å². The number of rotatable bonds is 8. The van der Waals surface area contributed by atoms with Gasteiger partial charge in [-0.25, -0.2) is 19.2 Å². The molecule has 182 valence electrons. The third kappa shape index (κ3) is 5.88. The third-order valence-corrected chi connectivity index (χ3v) is 4.78. The first-order valence-electron chi connectivity index (χ1n) is 9.90. The standard InChI is InChI=1S/C24H16N2O10/c27-19(25-17-7-13(21(29)30)5-14(8-17)22(31)32)11-1-2-12(4-3-11)20(28)26-18-9-15(23(33)34)6-16(10-18)24(35)36/h1-10H,(H,25,27)(H,26,28)(H,29,30)(H,31,32)(H,33,34)(H,35,36). The van der Waals surface area contributed by atoms with E-state index in [0.29, 0.717) is 0 Å². The van der Waals surface area contributed by atoms with Gasteiger partial charge in [-0.05, 0) is 60.7 Å². The quantitative estimate of drug-likeness (QED) is 0.271. The van der Waals surface area contributed by atoms with Gasteiger partial charge in [0.05, 0.1) is 22.3 Å². The summed E-state index contributed by atoms with van der Waals surface area (Å²) in [5.74, 6) is -6.94. The van der Waals surface area contributed by atoms with E-state index in [1.165, 1.54) is 24.3 Å². The highest BCUT2D eigenvalue weighted by molar-refractivity contribution is 6.08. The van der Waals surface area contributed by atoms with Gasteiger partial charge in [0.1, 0.15) is 0 Å². The first-order valence-corrected chi connectivity index (χ1v) is 9.90. The van der Waals surface area contributed by atoms with E-state index in [4.69, 9.17) is 20.4 Å². The van der Waals surface area contributed by atoms with Gasteiger partial charge in [-0.15, -0.1) is 0 Å². The molecule has 0 fully saturated rings. The molecule has 0 bridgehead atoms. The number of benzene rings is 3. The Labute approximate surface area is 201 Å². The summed E-state index contributed by atoms with van der Waals surface area (Å²) >= 11 is 0. The van der Waals surface area contributed by atoms with Crippen LogP contribution in [0.2, 0.25) is 0 Å². The minimum absolute atomic E-state index is 0.0604. The molecule has 0 saturated carbocycles. The summed E-state index contributed by atoms with van der Waals surface area (Å²) in [5.41, 5.74) is -1.36. The molecule has 3 rings (SSSR count). The fourth-order valence-electron chi connectivity index (χ4n) is 3.07. The fourth-order valence-corrected chi connectivity index (χ4v) is 3.07. The zero-order valence-corrected chi connectivity index (χ0v) is 18.0. The second kappa shape index (κ2) is 10.2. The van der Waals surface area contributed by atoms with Crippen LogP contribution >= 0.6 is 0 Å². The van der Waals surface area contributed by atoms with Crippen molar-refractivity contribution in [2.24, 2.45) is 0 Å². The average Bonchev–Trinajstić information content (AvgIpc) is 2.83. The molecule has 36 heavy (non-hydrogen) atoms. The van der Waals surface area contributed by atoms with Crippen molar-refractivity contribution in [3.63, 3.8) is 0 Å². The maximum atomic E-state index is 12.5. The van der Waals surface area contributed by atoms with Crippen LogP contribution in [0, 0.1) is 0 Å². The minimum atomic E-state index is -1.38. The second-order valence-electron chi connectivity index (χ2n) is 7.30. The molecular formula is C24H16N2O10. The van der Waals surface area contributed by atoms with Crippen LogP contribution in [0.25, 0.3) is 0 Å². The third-order valence-electron chi connectivity index (χ3n) is 4.78. The van der Waals surface area contributed by atoms with Crippen LogP contribution in [0.4, 0.5) is 11.4 Å². The Hall–Kier alpha value is -5.52. The number of carbonyl (C=O) groups is 6. The molecule has 0 heterocycles. The number of hydrogen-bond donors (Lipinski definition) is 6. The zero-order valence-electron chi connectivity index (χ0n) is 18.0. The van der Waals surface area contributed by atoms with Crippen molar-refractivity contribution in [1.82, 2.24) is 0 Å². The topological polar surface area (TPSA) is 207 Å². The molecule has 12 nitrogen and oxygen atoms in total. The van der Waals surface area contributed by atoms with E-state index < -0.39 is 35.7 Å². The van der Waals surface area contributed by atoms with Crippen molar-refractivity contribution in [1.29, 1.82) is 0 Å². The molecule has 12 heteroatoms. The molecule has 0 atom stereocenters. The smallest absolute Gasteiger partial charge is 0.335 e. The number of amides is 2. The van der Waals surface area contributed by atoms with Gasteiger partial charge in [0.15, 0.2) is 0 Å². The Kier molecular flexibility index (Phi) is 7.10. The SMILES string of the molecule is O=C(O)c1cc(NC(=O)c2ccc(C(=O)Nc3cc(C(=O)O)cc(C(=O)O)c3)cc2)cc(C(=O)O)c1. The largest absolute Gasteiger partial charge is 0.478 e. The molecule has 6 N–H and O–H groups in total. The number of carbonyl (C=O) groups excluding carboxylic acids is 2. The molecule has 2 amide bonds. The minimum Gasteiger partial charge on any atom is -0.478 e. The lowest BCUT2D eigenvalue weighted by atomic mass is 10.1. The molecule has 0 spiro atoms. The molecule has 0 aliphatic heterocycles. The van der Waals surface area contributed by atoms with E-state index in [9.17, 15) is 28.8 Å². The summed E-state index contributed by atoms with van der Waals surface area (Å²) in [6.07, 6.45) is 0. The number of anilines is 2. The lowest BCUT2D eigenvalue weighted by Crippen LogP contribution is -2.15. The molecule has 3 aromatic rings. The summed E-state index contributed by atoms with van der Waals surface area (Å²) in [6.45, 7) is 0. The molecule has 3 aromatic carbocycles. The first kappa shape index (κ1) is 25.1. The van der Waals surface area contributed by atoms with Crippen molar-refractivity contribution >= 4 is 47.1 Å². The predicted octanol–water partition coefficient (Wildman–Crippen LogP) is 2.98. The Morgan fingerprint density at radius 1 is 0.417 bits per heavy atom. The maximum Gasteiger partial charge on any atom is 0.335 e. The molecule has 0 aliphatic rings. The summed E-state index contributed by atoms with van der Waals surface area (Å²) in [7, 11) is 0. The molecule has 0 aliphatic carbocycles. The molecular weight excluding hydrogens is 476 g/mol. The fraction of sp³-hybridized carbons (Fsp3) is 0. The van der Waals surface area contributed by atoms with Crippen LogP contribution in [0.15, 0.2) is 60.7 Å². The van der Waals surface area contributed by atoms with Crippen molar-refractivity contribution in [3.8, 4) is 0 Å². The lowest BCUT2D eigenvalue weighted by Gasteiger charge is -2.10. The normalized spacial score (nSPS) is 10.2. The van der Waals surface area contributed by atoms with Gasteiger partial charge in [-0.1, -0.05) is 0 Å². The highest BCUT2D eigenvalue weighted by atomic mass is 16.4. The molecule has 0 aromatic heterocycles. The highest BCUT2D eigenvalue weighted by Crippen LogP contribution is 2.19. The number of carboxylic acids is 4. The maximum absolute atomic E-state index is 12.5. The Balaban J connectivity index is 1.77. The Morgan fingerprint density at radius 3 is 0.889 bits per heavy atom. The van der Waals surface area contributed by atoms with E-state index in [1.807, 2.05) is 0 Å². The van der Waals surface area contributed by atoms with Crippen LogP contribution in [0.1, 0.15) is 62.1 Å². The summed E-state index contributed by atoms with van der Waals surface area (Å²) in [5, 5.41) is 41.3. The van der Waals surface area contributed by atoms with Crippen LogP contribution in [0.3, 0.4) is 0 Å². The van der Waals surface area contributed by atoms with Crippen molar-refractivity contribution in [2.75, 3.05) is 10.6 Å². The summed E-state index contributed by atoms with van der Waals surface area (Å²) < 4.78 is 0. The van der Waals surface area contributed by atoms with Crippen LogP contribution in [-0.4, -0.2) is 56.1 Å². The molecule has 0 saturated heterocycles. The van der Waals surface area contributed by atoms with Crippen LogP contribution < -0.4 is 10.6 Å². The van der Waals surface area contributed by atoms with Gasteiger partial charge in [-0.3, -0.25) is 9.59 Å². The number of carboxylic acid groups (broad SMARTS) is 4. The Bertz CT molecular complexity index is 1250. The number of aromatic carboxylic acids is 4. The monoisotopic (exact) mass is 492 g/mol. The predicted molar refractivity (Wildman–Crippen MR) is 123 cm³/mol. The van der Waals surface area contributed by atoms with E-state index in [0.717, 1.165) is 36.4 Å². The van der Waals surface area contributed by atoms with E-state index in [2.05, 4.69) is 10.6 Å². The van der Waals surface area contributed by atoms with E-state index >= 15 is 0 Å². The van der Waals surface area contributed by atoms with Gasteiger partial charge in [0.2, 0.25) is 0 Å². The number of nitrogens with one attached hydrogen (secondary N) is 2. The van der Waals surface area contributed by atoms with Gasteiger partial charge in [0, 0.05) is 22.5 Å².